The van der Waals surface area contributed by atoms with Crippen LogP contribution in [0.1, 0.15) is 78.4 Å². The molecule has 0 saturated carbocycles. The number of hydrogen-bond donors (Lipinski definition) is 1. The van der Waals surface area contributed by atoms with Crippen LogP contribution in [0.4, 0.5) is 0 Å². The molecule has 5 rings (SSSR count). The fraction of sp³-hybridized carbons (Fsp3) is 0.382. The van der Waals surface area contributed by atoms with Gasteiger partial charge in [0, 0.05) is 62.0 Å². The van der Waals surface area contributed by atoms with E-state index in [0.717, 1.165) is 42.3 Å². The number of nitrogens with zero attached hydrogens (tertiary/aromatic N) is 2. The number of pyridine rings is 2. The van der Waals surface area contributed by atoms with Crippen LogP contribution in [0.3, 0.4) is 0 Å². The van der Waals surface area contributed by atoms with Crippen LogP contribution in [0, 0.1) is 17.9 Å². The summed E-state index contributed by atoms with van der Waals surface area (Å²) >= 11 is 0. The average Bonchev–Trinajstić information content (AvgIpc) is 2.93. The Labute approximate surface area is 246 Å². The molecule has 2 heterocycles. The Kier molecular flexibility index (Phi) is 10.2. The van der Waals surface area contributed by atoms with Gasteiger partial charge in [-0.3, -0.25) is 9.78 Å². The van der Waals surface area contributed by atoms with Gasteiger partial charge in [-0.15, -0.1) is 23.8 Å². The van der Waals surface area contributed by atoms with E-state index in [1.165, 1.54) is 33.4 Å². The van der Waals surface area contributed by atoms with Crippen LogP contribution in [0.25, 0.3) is 32.8 Å². The smallest absolute Gasteiger partial charge is 0.162 e. The van der Waals surface area contributed by atoms with Crippen molar-refractivity contribution in [3.8, 4) is 11.3 Å². The summed E-state index contributed by atoms with van der Waals surface area (Å²) in [5.74, 6) is 0.547. The Hall–Kier alpha value is -2.88. The topological polar surface area (TPSA) is 63.1 Å². The van der Waals surface area contributed by atoms with E-state index >= 15 is 0 Å². The molecule has 0 saturated heterocycles. The van der Waals surface area contributed by atoms with E-state index in [-0.39, 0.29) is 48.9 Å². The third-order valence-corrected chi connectivity index (χ3v) is 8.13. The predicted molar refractivity (Wildman–Crippen MR) is 157 cm³/mol. The molecule has 0 fully saturated rings. The molecule has 0 amide bonds. The number of benzene rings is 2. The number of rotatable bonds is 7. The molecule has 39 heavy (non-hydrogen) atoms. The van der Waals surface area contributed by atoms with Gasteiger partial charge < -0.3 is 10.1 Å². The first-order valence-corrected chi connectivity index (χ1v) is 13.9. The second kappa shape index (κ2) is 13.0. The quantitative estimate of drug-likeness (QED) is 0.119. The zero-order valence-electron chi connectivity index (χ0n) is 23.8. The van der Waals surface area contributed by atoms with Gasteiger partial charge in [0.05, 0.1) is 5.76 Å². The van der Waals surface area contributed by atoms with Crippen LogP contribution in [-0.4, -0.2) is 20.9 Å². The molecule has 2 aromatic heterocycles. The largest absolute Gasteiger partial charge is 0.512 e. The third-order valence-electron chi connectivity index (χ3n) is 8.13. The first-order valence-electron chi connectivity index (χ1n) is 13.9. The maximum atomic E-state index is 11.7. The van der Waals surface area contributed by atoms with E-state index in [0.29, 0.717) is 0 Å². The molecular formula is C34H39IrN2O2-. The van der Waals surface area contributed by atoms with Gasteiger partial charge in [0.1, 0.15) is 0 Å². The van der Waals surface area contributed by atoms with Gasteiger partial charge in [0.15, 0.2) is 5.78 Å². The van der Waals surface area contributed by atoms with Crippen molar-refractivity contribution < 1.29 is 30.0 Å². The molecule has 0 aliphatic heterocycles. The molecule has 2 aromatic carbocycles. The second-order valence-corrected chi connectivity index (χ2v) is 10.7. The van der Waals surface area contributed by atoms with Gasteiger partial charge in [-0.05, 0) is 47.7 Å². The first kappa shape index (κ1) is 30.7. The molecule has 0 unspecified atom stereocenters. The fourth-order valence-corrected chi connectivity index (χ4v) is 5.73. The molecule has 5 heteroatoms. The van der Waals surface area contributed by atoms with Gasteiger partial charge in [-0.25, -0.2) is 0 Å². The van der Waals surface area contributed by atoms with Crippen molar-refractivity contribution in [2.24, 2.45) is 11.8 Å². The van der Waals surface area contributed by atoms with Gasteiger partial charge in [0.2, 0.25) is 0 Å². The standard InChI is InChI=1S/C21H15N2.C13H24O2.Ir/c1-21(2)17-12-22-10-14-7-5-9-16(18(14)17)20-19(21)15-8-4-3-6-13(15)11-23-20;1-5-10(6-2)12(14)9-13(15)11(7-3)8-4;/h3-8,10-12H,1-2H3;9-11,14H,5-8H2,1-4H3;/q-1;;/b;12-9-;. The van der Waals surface area contributed by atoms with Crippen LogP contribution in [0.15, 0.2) is 66.8 Å². The molecule has 4 aromatic rings. The van der Waals surface area contributed by atoms with E-state index in [9.17, 15) is 9.90 Å². The minimum absolute atomic E-state index is 0. The molecular weight excluding hydrogens is 661 g/mol. The maximum Gasteiger partial charge on any atom is 0.162 e. The Balaban J connectivity index is 0.000000233. The summed E-state index contributed by atoms with van der Waals surface area (Å²) in [6.45, 7) is 12.6. The summed E-state index contributed by atoms with van der Waals surface area (Å²) in [6.07, 6.45) is 10.8. The maximum absolute atomic E-state index is 11.7. The zero-order chi connectivity index (χ0) is 27.4. The van der Waals surface area contributed by atoms with Crippen LogP contribution >= 0.6 is 0 Å². The number of allylic oxidation sites excluding steroid dienone is 2. The molecule has 1 aliphatic rings. The molecule has 0 spiro atoms. The zero-order valence-corrected chi connectivity index (χ0v) is 26.2. The molecule has 207 valence electrons. The van der Waals surface area contributed by atoms with Crippen molar-refractivity contribution in [1.29, 1.82) is 0 Å². The minimum atomic E-state index is -0.141. The summed E-state index contributed by atoms with van der Waals surface area (Å²) in [4.78, 5) is 21.0. The predicted octanol–water partition coefficient (Wildman–Crippen LogP) is 8.76. The average molecular weight is 700 g/mol. The van der Waals surface area contributed by atoms with Gasteiger partial charge in [-0.1, -0.05) is 82.1 Å². The van der Waals surface area contributed by atoms with Crippen molar-refractivity contribution in [2.75, 3.05) is 0 Å². The van der Waals surface area contributed by atoms with Crippen LogP contribution in [0.2, 0.25) is 0 Å². The van der Waals surface area contributed by atoms with Crippen molar-refractivity contribution in [2.45, 2.75) is 72.6 Å². The Morgan fingerprint density at radius 3 is 2.28 bits per heavy atom. The normalized spacial score (nSPS) is 13.6. The first-order chi connectivity index (χ1) is 18.3. The Bertz CT molecular complexity index is 1480. The van der Waals surface area contributed by atoms with Crippen LogP contribution in [-0.2, 0) is 30.3 Å². The van der Waals surface area contributed by atoms with Gasteiger partial charge >= 0.3 is 0 Å². The van der Waals surface area contributed by atoms with E-state index in [4.69, 9.17) is 4.98 Å². The van der Waals surface area contributed by atoms with Crippen LogP contribution < -0.4 is 0 Å². The van der Waals surface area contributed by atoms with Crippen LogP contribution in [0.5, 0.6) is 0 Å². The Morgan fingerprint density at radius 1 is 0.949 bits per heavy atom. The number of aliphatic hydroxyl groups excluding tert-OH is 1. The van der Waals surface area contributed by atoms with Crippen molar-refractivity contribution in [3.63, 3.8) is 0 Å². The molecule has 0 atom stereocenters. The van der Waals surface area contributed by atoms with E-state index in [2.05, 4.69) is 55.2 Å². The van der Waals surface area contributed by atoms with Gasteiger partial charge in [0.25, 0.3) is 0 Å². The number of fused-ring (bicyclic) bond motifs is 4. The van der Waals surface area contributed by atoms with Gasteiger partial charge in [-0.2, -0.15) is 0 Å². The van der Waals surface area contributed by atoms with Crippen molar-refractivity contribution in [1.82, 2.24) is 9.97 Å². The summed E-state index contributed by atoms with van der Waals surface area (Å²) in [5.41, 5.74) is 4.54. The fourth-order valence-electron chi connectivity index (χ4n) is 5.73. The molecule has 1 N–H and O–H groups in total. The molecule has 1 radical (unpaired) electrons. The van der Waals surface area contributed by atoms with Crippen molar-refractivity contribution in [3.05, 3.63) is 84.0 Å². The summed E-state index contributed by atoms with van der Waals surface area (Å²) < 4.78 is 0. The number of carbonyl (C=O) groups is 1. The van der Waals surface area contributed by atoms with Crippen molar-refractivity contribution >= 4 is 27.3 Å². The number of aromatic nitrogens is 2. The minimum Gasteiger partial charge on any atom is -0.512 e. The van der Waals surface area contributed by atoms with E-state index in [1.807, 2.05) is 52.4 Å². The monoisotopic (exact) mass is 700 g/mol. The summed E-state index contributed by atoms with van der Waals surface area (Å²) in [7, 11) is 0. The summed E-state index contributed by atoms with van der Waals surface area (Å²) in [6, 6.07) is 16.0. The third kappa shape index (κ3) is 5.85. The Morgan fingerprint density at radius 2 is 1.62 bits per heavy atom. The molecule has 1 aliphatic carbocycles. The molecule has 0 bridgehead atoms. The van der Waals surface area contributed by atoms with E-state index < -0.39 is 0 Å². The van der Waals surface area contributed by atoms with E-state index in [1.54, 1.807) is 0 Å². The summed E-state index contributed by atoms with van der Waals surface area (Å²) in [5, 5.41) is 14.6. The number of ketones is 1. The molecule has 4 nitrogen and oxygen atoms in total. The SMILES string of the molecule is CC1(C)c2c(ncc3ccccc23)-c2[c-]ccc3cncc1c23.CCC(CC)C(=O)/C=C(\O)C(CC)CC.[Ir]. The number of aliphatic hydroxyl groups is 1. The second-order valence-electron chi connectivity index (χ2n) is 10.7. The number of carbonyl (C=O) groups excluding carboxylic acids is 1. The number of hydrogen-bond acceptors (Lipinski definition) is 4.